The highest BCUT2D eigenvalue weighted by Crippen LogP contribution is 2.30. The summed E-state index contributed by atoms with van der Waals surface area (Å²) in [6, 6.07) is 11.9. The molecule has 2 amide bonds. The fourth-order valence-electron chi connectivity index (χ4n) is 4.03. The maximum absolute atomic E-state index is 13.4. The zero-order chi connectivity index (χ0) is 26.9. The SMILES string of the molecule is CCNC(=O)C(CC)N(Cc1cccc(C)c1)C(=O)CCCN(c1ccc(OC)c(Cl)c1)S(C)(=O)=O. The molecule has 1 N–H and O–H groups in total. The first kappa shape index (κ1) is 29.5. The lowest BCUT2D eigenvalue weighted by Crippen LogP contribution is -2.49. The van der Waals surface area contributed by atoms with Gasteiger partial charge in [-0.1, -0.05) is 48.4 Å². The lowest BCUT2D eigenvalue weighted by Gasteiger charge is -2.31. The van der Waals surface area contributed by atoms with Gasteiger partial charge in [0.25, 0.3) is 0 Å². The Hall–Kier alpha value is -2.78. The molecule has 2 aromatic carbocycles. The Morgan fingerprint density at radius 3 is 2.42 bits per heavy atom. The molecule has 2 rings (SSSR count). The van der Waals surface area contributed by atoms with E-state index < -0.39 is 16.1 Å². The fourth-order valence-corrected chi connectivity index (χ4v) is 5.24. The van der Waals surface area contributed by atoms with E-state index in [1.54, 1.807) is 17.0 Å². The molecule has 198 valence electrons. The second-order valence-electron chi connectivity index (χ2n) is 8.59. The summed E-state index contributed by atoms with van der Waals surface area (Å²) in [5, 5.41) is 3.10. The smallest absolute Gasteiger partial charge is 0.242 e. The summed E-state index contributed by atoms with van der Waals surface area (Å²) in [6.45, 7) is 6.53. The standard InChI is InChI=1S/C26H36ClN3O5S/c1-6-23(26(32)28-7-2)29(18-20-11-8-10-19(3)16-20)25(31)12-9-15-30(36(5,33)34)21-13-14-24(35-4)22(27)17-21/h8,10-11,13-14,16-17,23H,6-7,9,12,15,18H2,1-5H3,(H,28,32). The van der Waals surface area contributed by atoms with E-state index >= 15 is 0 Å². The number of carbonyl (C=O) groups excluding carboxylic acids is 2. The number of benzene rings is 2. The number of halogens is 1. The largest absolute Gasteiger partial charge is 0.495 e. The number of nitrogens with one attached hydrogen (secondary N) is 1. The van der Waals surface area contributed by atoms with Crippen LogP contribution in [-0.2, 0) is 26.2 Å². The third-order valence-corrected chi connectivity index (χ3v) is 7.24. The number of hydrogen-bond donors (Lipinski definition) is 1. The van der Waals surface area contributed by atoms with Gasteiger partial charge in [0.05, 0.1) is 24.1 Å². The maximum Gasteiger partial charge on any atom is 0.242 e. The molecule has 8 nitrogen and oxygen atoms in total. The van der Waals surface area contributed by atoms with Gasteiger partial charge in [0.15, 0.2) is 0 Å². The summed E-state index contributed by atoms with van der Waals surface area (Å²) >= 11 is 6.20. The van der Waals surface area contributed by atoms with Gasteiger partial charge in [-0.2, -0.15) is 0 Å². The van der Waals surface area contributed by atoms with E-state index in [4.69, 9.17) is 16.3 Å². The Balaban J connectivity index is 2.22. The molecule has 0 aliphatic carbocycles. The lowest BCUT2D eigenvalue weighted by atomic mass is 10.1. The Morgan fingerprint density at radius 2 is 1.86 bits per heavy atom. The van der Waals surface area contributed by atoms with Gasteiger partial charge in [0, 0.05) is 26.1 Å². The topological polar surface area (TPSA) is 96.0 Å². The normalized spacial score (nSPS) is 12.1. The highest BCUT2D eigenvalue weighted by molar-refractivity contribution is 7.92. The van der Waals surface area contributed by atoms with Gasteiger partial charge in [0.2, 0.25) is 21.8 Å². The molecule has 0 bridgehead atoms. The number of carbonyl (C=O) groups is 2. The van der Waals surface area contributed by atoms with Gasteiger partial charge in [-0.25, -0.2) is 8.42 Å². The van der Waals surface area contributed by atoms with Crippen molar-refractivity contribution in [2.24, 2.45) is 0 Å². The lowest BCUT2D eigenvalue weighted by molar-refractivity contribution is -0.141. The van der Waals surface area contributed by atoms with Crippen molar-refractivity contribution in [2.45, 2.75) is 52.6 Å². The van der Waals surface area contributed by atoms with Gasteiger partial charge < -0.3 is 15.0 Å². The summed E-state index contributed by atoms with van der Waals surface area (Å²) in [5.41, 5.74) is 2.38. The first-order chi connectivity index (χ1) is 17.0. The first-order valence-corrected chi connectivity index (χ1v) is 14.2. The van der Waals surface area contributed by atoms with E-state index in [1.807, 2.05) is 45.0 Å². The minimum Gasteiger partial charge on any atom is -0.495 e. The van der Waals surface area contributed by atoms with Gasteiger partial charge in [-0.3, -0.25) is 13.9 Å². The summed E-state index contributed by atoms with van der Waals surface area (Å²) < 4.78 is 31.4. The summed E-state index contributed by atoms with van der Waals surface area (Å²) in [5.74, 6) is 0.0225. The molecule has 1 atom stereocenters. The third-order valence-electron chi connectivity index (χ3n) is 5.75. The minimum absolute atomic E-state index is 0.0810. The first-order valence-electron chi connectivity index (χ1n) is 12.0. The molecular formula is C26H36ClN3O5S. The number of methoxy groups -OCH3 is 1. The second-order valence-corrected chi connectivity index (χ2v) is 10.9. The summed E-state index contributed by atoms with van der Waals surface area (Å²) in [7, 11) is -2.14. The Morgan fingerprint density at radius 1 is 1.14 bits per heavy atom. The van der Waals surface area contributed by atoms with Gasteiger partial charge in [-0.05, 0) is 50.5 Å². The summed E-state index contributed by atoms with van der Waals surface area (Å²) in [6.07, 6.45) is 1.92. The molecule has 10 heteroatoms. The van der Waals surface area contributed by atoms with Crippen LogP contribution in [0.5, 0.6) is 5.75 Å². The average Bonchev–Trinajstić information content (AvgIpc) is 2.81. The minimum atomic E-state index is -3.62. The van der Waals surface area contributed by atoms with Crippen LogP contribution >= 0.6 is 11.6 Å². The molecule has 2 aromatic rings. The Labute approximate surface area is 219 Å². The molecule has 0 saturated carbocycles. The number of rotatable bonds is 13. The number of sulfonamides is 1. The van der Waals surface area contributed by atoms with E-state index in [1.165, 1.54) is 17.5 Å². The number of amides is 2. The molecule has 0 saturated heterocycles. The predicted octanol–water partition coefficient (Wildman–Crippen LogP) is 4.15. The van der Waals surface area contributed by atoms with Crippen molar-refractivity contribution < 1.29 is 22.7 Å². The van der Waals surface area contributed by atoms with Crippen molar-refractivity contribution in [2.75, 3.05) is 30.8 Å². The molecule has 36 heavy (non-hydrogen) atoms. The molecule has 0 aromatic heterocycles. The van der Waals surface area contributed by atoms with Gasteiger partial charge >= 0.3 is 0 Å². The van der Waals surface area contributed by atoms with E-state index in [9.17, 15) is 18.0 Å². The van der Waals surface area contributed by atoms with Crippen molar-refractivity contribution in [3.8, 4) is 5.75 Å². The highest BCUT2D eigenvalue weighted by Gasteiger charge is 2.28. The van der Waals surface area contributed by atoms with E-state index in [-0.39, 0.29) is 36.2 Å². The van der Waals surface area contributed by atoms with Crippen LogP contribution in [-0.4, -0.2) is 57.6 Å². The van der Waals surface area contributed by atoms with E-state index in [0.717, 1.165) is 17.4 Å². The molecule has 1 unspecified atom stereocenters. The number of nitrogens with zero attached hydrogens (tertiary/aromatic N) is 2. The van der Waals surface area contributed by atoms with Gasteiger partial charge in [-0.15, -0.1) is 0 Å². The summed E-state index contributed by atoms with van der Waals surface area (Å²) in [4.78, 5) is 27.7. The Bertz CT molecular complexity index is 1160. The molecule has 0 fully saturated rings. The third kappa shape index (κ3) is 8.13. The zero-order valence-corrected chi connectivity index (χ0v) is 23.2. The van der Waals surface area contributed by atoms with Crippen LogP contribution in [0.4, 0.5) is 5.69 Å². The quantitative estimate of drug-likeness (QED) is 0.414. The van der Waals surface area contributed by atoms with Crippen molar-refractivity contribution in [1.29, 1.82) is 0 Å². The van der Waals surface area contributed by atoms with Crippen LogP contribution in [0.1, 0.15) is 44.2 Å². The predicted molar refractivity (Wildman–Crippen MR) is 144 cm³/mol. The molecule has 0 heterocycles. The second kappa shape index (κ2) is 13.5. The van der Waals surface area contributed by atoms with Crippen molar-refractivity contribution in [1.82, 2.24) is 10.2 Å². The molecule has 0 spiro atoms. The molecule has 0 aliphatic rings. The number of aryl methyl sites for hydroxylation is 1. The zero-order valence-electron chi connectivity index (χ0n) is 21.6. The number of likely N-dealkylation sites (N-methyl/N-ethyl adjacent to an activating group) is 1. The molecular weight excluding hydrogens is 502 g/mol. The molecule has 0 aliphatic heterocycles. The monoisotopic (exact) mass is 537 g/mol. The highest BCUT2D eigenvalue weighted by atomic mass is 35.5. The van der Waals surface area contributed by atoms with Crippen LogP contribution in [0.25, 0.3) is 0 Å². The maximum atomic E-state index is 13.4. The average molecular weight is 538 g/mol. The van der Waals surface area contributed by atoms with Crippen LogP contribution in [0.15, 0.2) is 42.5 Å². The van der Waals surface area contributed by atoms with Crippen LogP contribution in [0, 0.1) is 6.92 Å². The van der Waals surface area contributed by atoms with Crippen LogP contribution < -0.4 is 14.4 Å². The van der Waals surface area contributed by atoms with E-state index in [0.29, 0.717) is 30.9 Å². The van der Waals surface area contributed by atoms with Crippen molar-refractivity contribution in [3.05, 3.63) is 58.6 Å². The number of anilines is 1. The fraction of sp³-hybridized carbons (Fsp3) is 0.462. The van der Waals surface area contributed by atoms with Gasteiger partial charge in [0.1, 0.15) is 11.8 Å². The van der Waals surface area contributed by atoms with Crippen LogP contribution in [0.3, 0.4) is 0 Å². The van der Waals surface area contributed by atoms with Crippen molar-refractivity contribution >= 4 is 39.1 Å². The van der Waals surface area contributed by atoms with Crippen LogP contribution in [0.2, 0.25) is 5.02 Å². The number of ether oxygens (including phenoxy) is 1. The van der Waals surface area contributed by atoms with E-state index in [2.05, 4.69) is 5.32 Å². The molecule has 0 radical (unpaired) electrons. The number of hydrogen-bond acceptors (Lipinski definition) is 5. The Kier molecular flexibility index (Phi) is 11.0. The van der Waals surface area contributed by atoms with Crippen molar-refractivity contribution in [3.63, 3.8) is 0 Å².